The molecule has 0 radical (unpaired) electrons. The molecular weight excluding hydrogens is 584 g/mol. The molecule has 0 N–H and O–H groups in total. The first-order valence-corrected chi connectivity index (χ1v) is 14.9. The summed E-state index contributed by atoms with van der Waals surface area (Å²) in [6, 6.07) is 0. The number of allylic oxidation sites excluding steroid dienone is 9. The van der Waals surface area contributed by atoms with Crippen LogP contribution < -0.4 is 0 Å². The Morgan fingerprint density at radius 1 is 0.800 bits per heavy atom. The lowest BCUT2D eigenvalue weighted by Crippen LogP contribution is -2.63. The van der Waals surface area contributed by atoms with E-state index in [-0.39, 0.29) is 5.41 Å². The van der Waals surface area contributed by atoms with Crippen molar-refractivity contribution in [3.05, 3.63) is 58.7 Å². The summed E-state index contributed by atoms with van der Waals surface area (Å²) in [6.45, 7) is 14.5. The lowest BCUT2D eigenvalue weighted by atomic mass is 9.72. The van der Waals surface area contributed by atoms with E-state index in [9.17, 15) is 24.0 Å². The van der Waals surface area contributed by atoms with E-state index >= 15 is 0 Å². The van der Waals surface area contributed by atoms with Crippen molar-refractivity contribution in [2.75, 3.05) is 6.61 Å². The van der Waals surface area contributed by atoms with Gasteiger partial charge in [0, 0.05) is 33.8 Å². The van der Waals surface area contributed by atoms with Crippen molar-refractivity contribution in [1.29, 1.82) is 0 Å². The van der Waals surface area contributed by atoms with Crippen molar-refractivity contribution >= 4 is 29.8 Å². The zero-order valence-corrected chi connectivity index (χ0v) is 27.7. The third kappa shape index (κ3) is 12.1. The predicted molar refractivity (Wildman–Crippen MR) is 164 cm³/mol. The van der Waals surface area contributed by atoms with Crippen molar-refractivity contribution < 1.29 is 52.4 Å². The Labute approximate surface area is 265 Å². The molecule has 1 saturated heterocycles. The van der Waals surface area contributed by atoms with Crippen LogP contribution in [0, 0.1) is 5.41 Å². The van der Waals surface area contributed by atoms with E-state index < -0.39 is 67.2 Å². The van der Waals surface area contributed by atoms with Crippen LogP contribution in [0.25, 0.3) is 0 Å². The molecule has 0 aromatic rings. The third-order valence-corrected chi connectivity index (χ3v) is 7.30. The molecule has 0 aromatic carbocycles. The van der Waals surface area contributed by atoms with Gasteiger partial charge in [0.2, 0.25) is 12.4 Å². The molecule has 11 heteroatoms. The van der Waals surface area contributed by atoms with E-state index in [2.05, 4.69) is 32.9 Å². The first-order chi connectivity index (χ1) is 21.0. The quantitative estimate of drug-likeness (QED) is 0.130. The van der Waals surface area contributed by atoms with Gasteiger partial charge in [0.1, 0.15) is 12.7 Å². The average molecular weight is 631 g/mol. The predicted octanol–water partition coefficient (Wildman–Crippen LogP) is 5.14. The molecule has 0 aromatic heterocycles. The summed E-state index contributed by atoms with van der Waals surface area (Å²) >= 11 is 0. The number of rotatable bonds is 11. The van der Waals surface area contributed by atoms with Gasteiger partial charge in [-0.2, -0.15) is 0 Å². The minimum Gasteiger partial charge on any atom is -0.463 e. The van der Waals surface area contributed by atoms with Crippen molar-refractivity contribution in [2.45, 2.75) is 112 Å². The first kappa shape index (κ1) is 37.2. The van der Waals surface area contributed by atoms with Crippen molar-refractivity contribution in [1.82, 2.24) is 0 Å². The number of hydrogen-bond donors (Lipinski definition) is 0. The van der Waals surface area contributed by atoms with Crippen molar-refractivity contribution in [3.63, 3.8) is 0 Å². The summed E-state index contributed by atoms with van der Waals surface area (Å²) in [5.41, 5.74) is 4.50. The highest BCUT2D eigenvalue weighted by molar-refractivity contribution is 5.83. The van der Waals surface area contributed by atoms with Gasteiger partial charge >= 0.3 is 29.8 Å². The summed E-state index contributed by atoms with van der Waals surface area (Å²) in [7, 11) is 0. The number of ether oxygens (including phenoxy) is 6. The molecule has 0 bridgehead atoms. The van der Waals surface area contributed by atoms with Gasteiger partial charge in [-0.15, -0.1) is 0 Å². The fraction of sp³-hybridized carbons (Fsp3) is 0.559. The van der Waals surface area contributed by atoms with Crippen LogP contribution in [0.4, 0.5) is 0 Å². The molecule has 0 spiro atoms. The molecule has 2 rings (SSSR count). The van der Waals surface area contributed by atoms with E-state index in [1.54, 1.807) is 19.1 Å². The fourth-order valence-corrected chi connectivity index (χ4v) is 5.30. The third-order valence-electron chi connectivity index (χ3n) is 7.30. The summed E-state index contributed by atoms with van der Waals surface area (Å²) in [5, 5.41) is 0. The number of hydrogen-bond acceptors (Lipinski definition) is 11. The maximum Gasteiger partial charge on any atom is 0.333 e. The second-order valence-corrected chi connectivity index (χ2v) is 11.9. The Bertz CT molecular complexity index is 1280. The van der Waals surface area contributed by atoms with Gasteiger partial charge in [0.15, 0.2) is 12.2 Å². The molecule has 1 aliphatic carbocycles. The van der Waals surface area contributed by atoms with Gasteiger partial charge in [-0.25, -0.2) is 4.79 Å². The standard InChI is InChI=1S/C34H46O11/c1-20(15-16-27-22(3)14-11-17-34(27,8)9)12-10-13-21(2)18-29(39)45-33-32(43-26(7)38)31(42-25(6)37)30(41-24(5)36)28(44-33)19-40-23(4)35/h10,12-13,15-16,18,28,30-33H,11,14,17,19H2,1-9H3/t28-,30+,31+,32-,33+/m1/s1. The lowest BCUT2D eigenvalue weighted by molar-refractivity contribution is -0.299. The van der Waals surface area contributed by atoms with Crippen LogP contribution in [0.2, 0.25) is 0 Å². The van der Waals surface area contributed by atoms with Crippen molar-refractivity contribution in [2.24, 2.45) is 5.41 Å². The summed E-state index contributed by atoms with van der Waals surface area (Å²) in [4.78, 5) is 60.2. The monoisotopic (exact) mass is 630 g/mol. The molecule has 1 fully saturated rings. The van der Waals surface area contributed by atoms with Gasteiger partial charge in [-0.1, -0.05) is 55.4 Å². The Kier molecular flexibility index (Phi) is 14.0. The van der Waals surface area contributed by atoms with Crippen LogP contribution in [0.3, 0.4) is 0 Å². The molecule has 5 atom stereocenters. The van der Waals surface area contributed by atoms with E-state index in [0.717, 1.165) is 46.1 Å². The molecule has 1 heterocycles. The minimum atomic E-state index is -1.60. The highest BCUT2D eigenvalue weighted by Crippen LogP contribution is 2.40. The van der Waals surface area contributed by atoms with Gasteiger partial charge in [0.25, 0.3) is 0 Å². The molecule has 2 aliphatic rings. The second-order valence-electron chi connectivity index (χ2n) is 11.9. The summed E-state index contributed by atoms with van der Waals surface area (Å²) in [5.74, 6) is -3.86. The molecule has 0 amide bonds. The average Bonchev–Trinajstić information content (AvgIpc) is 2.89. The molecule has 0 saturated carbocycles. The Morgan fingerprint density at radius 2 is 1.40 bits per heavy atom. The van der Waals surface area contributed by atoms with Crippen LogP contribution in [0.15, 0.2) is 58.7 Å². The van der Waals surface area contributed by atoms with Crippen LogP contribution in [-0.4, -0.2) is 67.2 Å². The smallest absolute Gasteiger partial charge is 0.333 e. The van der Waals surface area contributed by atoms with Gasteiger partial charge < -0.3 is 28.4 Å². The number of carbonyl (C=O) groups is 5. The molecule has 11 nitrogen and oxygen atoms in total. The molecule has 248 valence electrons. The van der Waals surface area contributed by atoms with Gasteiger partial charge in [-0.05, 0) is 56.6 Å². The summed E-state index contributed by atoms with van der Waals surface area (Å²) < 4.78 is 32.3. The topological polar surface area (TPSA) is 141 Å². The van der Waals surface area contributed by atoms with Crippen LogP contribution >= 0.6 is 0 Å². The van der Waals surface area contributed by atoms with Crippen LogP contribution in [-0.2, 0) is 52.4 Å². The van der Waals surface area contributed by atoms with Gasteiger partial charge in [0.05, 0.1) is 0 Å². The molecule has 0 unspecified atom stereocenters. The van der Waals surface area contributed by atoms with E-state index in [4.69, 9.17) is 28.4 Å². The largest absolute Gasteiger partial charge is 0.463 e. The second kappa shape index (κ2) is 16.9. The SMILES string of the molecule is CC(=O)OC[C@H]1O[C@@H](OC(=O)C=C(C)C=CC=C(C)C=CC2=C(C)CCCC2(C)C)[C@H](OC(C)=O)[C@@H](OC(C)=O)[C@H]1OC(C)=O. The summed E-state index contributed by atoms with van der Waals surface area (Å²) in [6.07, 6.45) is 7.29. The minimum absolute atomic E-state index is 0.144. The maximum atomic E-state index is 12.9. The highest BCUT2D eigenvalue weighted by Gasteiger charge is 2.53. The zero-order valence-electron chi connectivity index (χ0n) is 27.7. The molecule has 1 aliphatic heterocycles. The lowest BCUT2D eigenvalue weighted by Gasteiger charge is -2.43. The van der Waals surface area contributed by atoms with Crippen molar-refractivity contribution in [3.8, 4) is 0 Å². The fourth-order valence-electron chi connectivity index (χ4n) is 5.30. The Balaban J connectivity index is 2.25. The Hall–Kier alpha value is -3.99. The van der Waals surface area contributed by atoms with E-state index in [1.807, 2.05) is 13.0 Å². The highest BCUT2D eigenvalue weighted by atomic mass is 16.7. The van der Waals surface area contributed by atoms with Crippen LogP contribution in [0.1, 0.15) is 81.6 Å². The zero-order chi connectivity index (χ0) is 33.9. The van der Waals surface area contributed by atoms with Crippen LogP contribution in [0.5, 0.6) is 0 Å². The first-order valence-electron chi connectivity index (χ1n) is 14.9. The van der Waals surface area contributed by atoms with Gasteiger partial charge in [-0.3, -0.25) is 19.2 Å². The number of carbonyl (C=O) groups excluding carboxylic acids is 5. The van der Waals surface area contributed by atoms with E-state index in [0.29, 0.717) is 5.57 Å². The number of esters is 5. The normalized spacial score (nSPS) is 25.6. The maximum absolute atomic E-state index is 12.9. The molecular formula is C34H46O11. The Morgan fingerprint density at radius 3 is 1.98 bits per heavy atom. The molecule has 45 heavy (non-hydrogen) atoms. The van der Waals surface area contributed by atoms with E-state index in [1.165, 1.54) is 23.6 Å².